The van der Waals surface area contributed by atoms with E-state index in [0.29, 0.717) is 11.6 Å². The third-order valence-electron chi connectivity index (χ3n) is 4.28. The highest BCUT2D eigenvalue weighted by Gasteiger charge is 2.29. The molecule has 25 heavy (non-hydrogen) atoms. The highest BCUT2D eigenvalue weighted by molar-refractivity contribution is 7.98. The van der Waals surface area contributed by atoms with E-state index in [1.165, 1.54) is 0 Å². The minimum absolute atomic E-state index is 0.137. The Kier molecular flexibility index (Phi) is 4.32. The van der Waals surface area contributed by atoms with Crippen molar-refractivity contribution in [1.29, 1.82) is 0 Å². The molecule has 5 heteroatoms. The van der Waals surface area contributed by atoms with Crippen LogP contribution in [0.5, 0.6) is 0 Å². The third kappa shape index (κ3) is 3.46. The molecule has 1 heterocycles. The van der Waals surface area contributed by atoms with E-state index in [1.54, 1.807) is 16.4 Å². The predicted octanol–water partition coefficient (Wildman–Crippen LogP) is 4.72. The highest BCUT2D eigenvalue weighted by Crippen LogP contribution is 2.39. The maximum atomic E-state index is 12.9. The van der Waals surface area contributed by atoms with Crippen molar-refractivity contribution < 1.29 is 4.79 Å². The number of nitrogens with zero attached hydrogens (tertiary/aromatic N) is 2. The van der Waals surface area contributed by atoms with Gasteiger partial charge in [-0.15, -0.1) is 11.8 Å². The van der Waals surface area contributed by atoms with Crippen LogP contribution in [-0.4, -0.2) is 21.9 Å². The number of carbonyl (C=O) groups excluding carboxylic acids is 1. The Morgan fingerprint density at radius 1 is 1.12 bits per heavy atom. The van der Waals surface area contributed by atoms with Gasteiger partial charge in [0, 0.05) is 16.5 Å². The largest absolute Gasteiger partial charge is 0.321 e. The number of aromatic nitrogens is 2. The van der Waals surface area contributed by atoms with Gasteiger partial charge in [-0.3, -0.25) is 4.79 Å². The number of amides is 1. The van der Waals surface area contributed by atoms with Gasteiger partial charge >= 0.3 is 0 Å². The van der Waals surface area contributed by atoms with Gasteiger partial charge in [-0.1, -0.05) is 24.3 Å². The van der Waals surface area contributed by atoms with Crippen LogP contribution in [0.25, 0.3) is 5.69 Å². The van der Waals surface area contributed by atoms with Gasteiger partial charge in [-0.2, -0.15) is 5.10 Å². The standard InChI is InChI=1S/C20H19N3OS/c1-25-17-9-5-6-15(12-17)21-20(24)19-13-18(14-10-11-14)22-23(19)16-7-3-2-4-8-16/h2-9,12-14H,10-11H2,1H3,(H,21,24). The minimum atomic E-state index is -0.137. The second kappa shape index (κ2) is 6.76. The molecule has 0 radical (unpaired) electrons. The molecule has 3 aromatic rings. The van der Waals surface area contributed by atoms with E-state index in [9.17, 15) is 4.79 Å². The summed E-state index contributed by atoms with van der Waals surface area (Å²) in [7, 11) is 0. The van der Waals surface area contributed by atoms with Gasteiger partial charge in [0.05, 0.1) is 11.4 Å². The number of hydrogen-bond acceptors (Lipinski definition) is 3. The summed E-state index contributed by atoms with van der Waals surface area (Å²) >= 11 is 1.65. The molecule has 0 unspecified atom stereocenters. The number of hydrogen-bond donors (Lipinski definition) is 1. The Hall–Kier alpha value is -2.53. The number of anilines is 1. The average molecular weight is 349 g/mol. The molecule has 1 aromatic heterocycles. The number of nitrogens with one attached hydrogen (secondary N) is 1. The summed E-state index contributed by atoms with van der Waals surface area (Å²) < 4.78 is 1.75. The minimum Gasteiger partial charge on any atom is -0.321 e. The number of para-hydroxylation sites is 1. The van der Waals surface area contributed by atoms with Crippen LogP contribution in [0.4, 0.5) is 5.69 Å². The van der Waals surface area contributed by atoms with E-state index >= 15 is 0 Å². The van der Waals surface area contributed by atoms with Crippen LogP contribution < -0.4 is 5.32 Å². The molecule has 1 aliphatic rings. The lowest BCUT2D eigenvalue weighted by atomic mass is 10.2. The van der Waals surface area contributed by atoms with Gasteiger partial charge < -0.3 is 5.32 Å². The van der Waals surface area contributed by atoms with E-state index in [-0.39, 0.29) is 5.91 Å². The monoisotopic (exact) mass is 349 g/mol. The van der Waals surface area contributed by atoms with Crippen molar-refractivity contribution in [2.45, 2.75) is 23.7 Å². The van der Waals surface area contributed by atoms with E-state index in [2.05, 4.69) is 5.32 Å². The fraction of sp³-hybridized carbons (Fsp3) is 0.200. The van der Waals surface area contributed by atoms with Crippen molar-refractivity contribution in [2.24, 2.45) is 0 Å². The number of carbonyl (C=O) groups is 1. The smallest absolute Gasteiger partial charge is 0.274 e. The molecule has 1 amide bonds. The third-order valence-corrected chi connectivity index (χ3v) is 5.01. The Balaban J connectivity index is 1.67. The fourth-order valence-corrected chi connectivity index (χ4v) is 3.26. The molecule has 0 aliphatic heterocycles. The summed E-state index contributed by atoms with van der Waals surface area (Å²) in [6.45, 7) is 0. The zero-order valence-electron chi connectivity index (χ0n) is 14.0. The Bertz CT molecular complexity index is 900. The van der Waals surface area contributed by atoms with Crippen molar-refractivity contribution in [2.75, 3.05) is 11.6 Å². The lowest BCUT2D eigenvalue weighted by Crippen LogP contribution is -2.16. The normalized spacial score (nSPS) is 13.6. The molecule has 2 aromatic carbocycles. The van der Waals surface area contributed by atoms with Gasteiger partial charge in [0.15, 0.2) is 0 Å². The lowest BCUT2D eigenvalue weighted by molar-refractivity contribution is 0.101. The molecule has 1 saturated carbocycles. The molecule has 4 rings (SSSR count). The second-order valence-corrected chi connectivity index (χ2v) is 7.04. The summed E-state index contributed by atoms with van der Waals surface area (Å²) in [5.74, 6) is 0.359. The Morgan fingerprint density at radius 2 is 1.92 bits per heavy atom. The molecule has 0 spiro atoms. The predicted molar refractivity (Wildman–Crippen MR) is 102 cm³/mol. The van der Waals surface area contributed by atoms with Crippen LogP contribution in [0.15, 0.2) is 65.6 Å². The Labute approximate surface area is 151 Å². The molecule has 1 aliphatic carbocycles. The molecule has 4 nitrogen and oxygen atoms in total. The van der Waals surface area contributed by atoms with Crippen molar-refractivity contribution in [1.82, 2.24) is 9.78 Å². The Morgan fingerprint density at radius 3 is 2.64 bits per heavy atom. The molecule has 0 atom stereocenters. The molecule has 1 N–H and O–H groups in total. The molecule has 0 saturated heterocycles. The van der Waals surface area contributed by atoms with E-state index in [1.807, 2.05) is 66.9 Å². The summed E-state index contributed by atoms with van der Waals surface area (Å²) in [5.41, 5.74) is 3.28. The number of benzene rings is 2. The zero-order chi connectivity index (χ0) is 17.2. The van der Waals surface area contributed by atoms with E-state index < -0.39 is 0 Å². The molecular weight excluding hydrogens is 330 g/mol. The maximum absolute atomic E-state index is 12.9. The first kappa shape index (κ1) is 16.0. The van der Waals surface area contributed by atoms with Gasteiger partial charge in [-0.25, -0.2) is 4.68 Å². The van der Waals surface area contributed by atoms with Crippen LogP contribution >= 0.6 is 11.8 Å². The summed E-state index contributed by atoms with van der Waals surface area (Å²) in [6.07, 6.45) is 4.33. The summed E-state index contributed by atoms with van der Waals surface area (Å²) in [5, 5.41) is 7.69. The topological polar surface area (TPSA) is 46.9 Å². The first-order chi connectivity index (χ1) is 12.2. The number of thioether (sulfide) groups is 1. The van der Waals surface area contributed by atoms with E-state index in [4.69, 9.17) is 5.10 Å². The summed E-state index contributed by atoms with van der Waals surface area (Å²) in [4.78, 5) is 14.0. The van der Waals surface area contributed by atoms with Crippen molar-refractivity contribution in [3.8, 4) is 5.69 Å². The molecule has 0 bridgehead atoms. The molecule has 1 fully saturated rings. The number of rotatable bonds is 5. The van der Waals surface area contributed by atoms with Crippen LogP contribution in [0.1, 0.15) is 34.9 Å². The fourth-order valence-electron chi connectivity index (χ4n) is 2.80. The first-order valence-corrected chi connectivity index (χ1v) is 9.58. The van der Waals surface area contributed by atoms with Gasteiger partial charge in [0.2, 0.25) is 0 Å². The van der Waals surface area contributed by atoms with Crippen LogP contribution in [0.2, 0.25) is 0 Å². The molecule has 126 valence electrons. The van der Waals surface area contributed by atoms with Crippen molar-refractivity contribution in [3.05, 3.63) is 72.1 Å². The van der Waals surface area contributed by atoms with Crippen molar-refractivity contribution in [3.63, 3.8) is 0 Å². The van der Waals surface area contributed by atoms with Crippen LogP contribution in [0.3, 0.4) is 0 Å². The first-order valence-electron chi connectivity index (χ1n) is 8.35. The zero-order valence-corrected chi connectivity index (χ0v) is 14.8. The van der Waals surface area contributed by atoms with Gasteiger partial charge in [0.1, 0.15) is 5.69 Å². The van der Waals surface area contributed by atoms with E-state index in [0.717, 1.165) is 34.8 Å². The average Bonchev–Trinajstić information content (AvgIpc) is 3.41. The molecular formula is C20H19N3OS. The second-order valence-electron chi connectivity index (χ2n) is 6.16. The van der Waals surface area contributed by atoms with Gasteiger partial charge in [-0.05, 0) is 55.5 Å². The summed E-state index contributed by atoms with van der Waals surface area (Å²) in [6, 6.07) is 19.6. The lowest BCUT2D eigenvalue weighted by Gasteiger charge is -2.09. The maximum Gasteiger partial charge on any atom is 0.274 e. The van der Waals surface area contributed by atoms with Crippen molar-refractivity contribution >= 4 is 23.4 Å². The quantitative estimate of drug-likeness (QED) is 0.678. The van der Waals surface area contributed by atoms with Gasteiger partial charge in [0.25, 0.3) is 5.91 Å². The van der Waals surface area contributed by atoms with Crippen LogP contribution in [0, 0.1) is 0 Å². The SMILES string of the molecule is CSc1cccc(NC(=O)c2cc(C3CC3)nn2-c2ccccc2)c1. The van der Waals surface area contributed by atoms with Crippen LogP contribution in [-0.2, 0) is 0 Å². The highest BCUT2D eigenvalue weighted by atomic mass is 32.2.